The Balaban J connectivity index is 1.85. The Morgan fingerprint density at radius 1 is 1.37 bits per heavy atom. The van der Waals surface area contributed by atoms with Crippen LogP contribution in [-0.2, 0) is 19.9 Å². The minimum absolute atomic E-state index is 0.00680. The maximum Gasteiger partial charge on any atom is 0.410 e. The molecule has 0 radical (unpaired) electrons. The highest BCUT2D eigenvalue weighted by Crippen LogP contribution is 2.53. The lowest BCUT2D eigenvalue weighted by Gasteiger charge is -2.35. The highest BCUT2D eigenvalue weighted by Gasteiger charge is 2.55. The number of halogens is 1. The number of likely N-dealkylation sites (tertiary alicyclic amines) is 1. The molecule has 27 heavy (non-hydrogen) atoms. The van der Waals surface area contributed by atoms with E-state index in [0.717, 1.165) is 12.0 Å². The van der Waals surface area contributed by atoms with Gasteiger partial charge in [-0.1, -0.05) is 6.07 Å². The van der Waals surface area contributed by atoms with Gasteiger partial charge in [0.05, 0.1) is 0 Å². The molecule has 7 nitrogen and oxygen atoms in total. The number of rotatable bonds is 4. The lowest BCUT2D eigenvalue weighted by atomic mass is 9.82. The molecule has 2 heterocycles. The van der Waals surface area contributed by atoms with E-state index in [2.05, 4.69) is 20.9 Å². The molecule has 1 aliphatic carbocycles. The van der Waals surface area contributed by atoms with Gasteiger partial charge in [0.1, 0.15) is 22.4 Å². The lowest BCUT2D eigenvalue weighted by Crippen LogP contribution is -2.41. The Labute approximate surface area is 167 Å². The first-order valence-corrected chi connectivity index (χ1v) is 9.86. The standard InChI is InChI=1S/C19H25BrN2O5/c1-18(2,3)27-17(25)22-9-12-6-7-19(14(12)10-22,26-11-16(23)24)13-4-5-15(20)21-8-13/h4-5,8,12,14H,6-7,9-11H2,1-3H3,(H,23,24). The number of pyridine rings is 1. The molecule has 1 N–H and O–H groups in total. The number of aliphatic carboxylic acids is 1. The van der Waals surface area contributed by atoms with Crippen molar-refractivity contribution in [1.29, 1.82) is 0 Å². The predicted molar refractivity (Wildman–Crippen MR) is 101 cm³/mol. The first-order valence-electron chi connectivity index (χ1n) is 9.06. The maximum atomic E-state index is 12.5. The molecule has 3 rings (SSSR count). The van der Waals surface area contributed by atoms with Crippen LogP contribution in [0.5, 0.6) is 0 Å². The van der Waals surface area contributed by atoms with Gasteiger partial charge in [-0.25, -0.2) is 14.6 Å². The molecule has 3 unspecified atom stereocenters. The van der Waals surface area contributed by atoms with Crippen LogP contribution >= 0.6 is 15.9 Å². The van der Waals surface area contributed by atoms with Crippen molar-refractivity contribution in [2.75, 3.05) is 19.7 Å². The fraction of sp³-hybridized carbons (Fsp3) is 0.632. The summed E-state index contributed by atoms with van der Waals surface area (Å²) in [5.74, 6) is -0.757. The molecule has 1 aromatic rings. The van der Waals surface area contributed by atoms with Crippen molar-refractivity contribution in [1.82, 2.24) is 9.88 Å². The topological polar surface area (TPSA) is 89.0 Å². The van der Waals surface area contributed by atoms with Crippen LogP contribution in [-0.4, -0.2) is 52.4 Å². The Morgan fingerprint density at radius 2 is 2.11 bits per heavy atom. The van der Waals surface area contributed by atoms with Crippen LogP contribution < -0.4 is 0 Å². The molecule has 3 atom stereocenters. The van der Waals surface area contributed by atoms with Crippen LogP contribution in [0.3, 0.4) is 0 Å². The van der Waals surface area contributed by atoms with E-state index < -0.39 is 17.2 Å². The molecule has 1 saturated heterocycles. The van der Waals surface area contributed by atoms with Crippen LogP contribution in [0.15, 0.2) is 22.9 Å². The predicted octanol–water partition coefficient (Wildman–Crippen LogP) is 3.42. The van der Waals surface area contributed by atoms with Crippen LogP contribution in [0.25, 0.3) is 0 Å². The number of nitrogens with zero attached hydrogens (tertiary/aromatic N) is 2. The fourth-order valence-corrected chi connectivity index (χ4v) is 4.42. The van der Waals surface area contributed by atoms with Crippen molar-refractivity contribution in [3.63, 3.8) is 0 Å². The van der Waals surface area contributed by atoms with Crippen molar-refractivity contribution >= 4 is 28.0 Å². The largest absolute Gasteiger partial charge is 0.480 e. The maximum absolute atomic E-state index is 12.5. The highest BCUT2D eigenvalue weighted by molar-refractivity contribution is 9.10. The number of hydrogen-bond donors (Lipinski definition) is 1. The fourth-order valence-electron chi connectivity index (χ4n) is 4.19. The molecule has 2 aliphatic rings. The Morgan fingerprint density at radius 3 is 2.70 bits per heavy atom. The van der Waals surface area contributed by atoms with Gasteiger partial charge >= 0.3 is 12.1 Å². The van der Waals surface area contributed by atoms with E-state index in [4.69, 9.17) is 14.6 Å². The van der Waals surface area contributed by atoms with E-state index in [0.29, 0.717) is 24.1 Å². The first kappa shape index (κ1) is 20.1. The summed E-state index contributed by atoms with van der Waals surface area (Å²) >= 11 is 3.33. The van der Waals surface area contributed by atoms with Crippen molar-refractivity contribution in [3.8, 4) is 0 Å². The second-order valence-electron chi connectivity index (χ2n) is 8.23. The van der Waals surface area contributed by atoms with Gasteiger partial charge in [0.2, 0.25) is 0 Å². The summed E-state index contributed by atoms with van der Waals surface area (Å²) in [7, 11) is 0. The molecule has 0 aromatic carbocycles. The van der Waals surface area contributed by atoms with E-state index in [1.165, 1.54) is 0 Å². The van der Waals surface area contributed by atoms with Gasteiger partial charge in [-0.15, -0.1) is 0 Å². The van der Waals surface area contributed by atoms with Gasteiger partial charge in [-0.3, -0.25) is 0 Å². The van der Waals surface area contributed by atoms with Gasteiger partial charge in [0.25, 0.3) is 0 Å². The number of amides is 1. The van der Waals surface area contributed by atoms with Crippen LogP contribution in [0, 0.1) is 11.8 Å². The molecule has 2 fully saturated rings. The minimum Gasteiger partial charge on any atom is -0.480 e. The summed E-state index contributed by atoms with van der Waals surface area (Å²) in [6.07, 6.45) is 2.96. The summed E-state index contributed by atoms with van der Waals surface area (Å²) < 4.78 is 12.2. The summed E-state index contributed by atoms with van der Waals surface area (Å²) in [5, 5.41) is 9.15. The number of carbonyl (C=O) groups is 2. The Kier molecular flexibility index (Phi) is 5.49. The molecule has 1 aliphatic heterocycles. The smallest absolute Gasteiger partial charge is 0.410 e. The van der Waals surface area contributed by atoms with Crippen molar-refractivity contribution in [3.05, 3.63) is 28.5 Å². The van der Waals surface area contributed by atoms with Crippen molar-refractivity contribution in [2.45, 2.75) is 44.8 Å². The van der Waals surface area contributed by atoms with E-state index in [1.807, 2.05) is 32.9 Å². The van der Waals surface area contributed by atoms with Gasteiger partial charge in [-0.05, 0) is 61.5 Å². The van der Waals surface area contributed by atoms with Crippen LogP contribution in [0.2, 0.25) is 0 Å². The number of carboxylic acids is 1. The van der Waals surface area contributed by atoms with E-state index in [-0.39, 0.29) is 24.5 Å². The molecule has 0 spiro atoms. The molecule has 0 bridgehead atoms. The van der Waals surface area contributed by atoms with Crippen LogP contribution in [0.1, 0.15) is 39.2 Å². The summed E-state index contributed by atoms with van der Waals surface area (Å²) in [6, 6.07) is 3.74. The quantitative estimate of drug-likeness (QED) is 0.721. The van der Waals surface area contributed by atoms with Gasteiger partial charge < -0.3 is 19.5 Å². The molecule has 148 valence electrons. The molecule has 1 saturated carbocycles. The monoisotopic (exact) mass is 440 g/mol. The minimum atomic E-state index is -1.01. The number of fused-ring (bicyclic) bond motifs is 1. The van der Waals surface area contributed by atoms with Gasteiger partial charge in [-0.2, -0.15) is 0 Å². The summed E-state index contributed by atoms with van der Waals surface area (Å²) in [6.45, 7) is 6.23. The normalized spacial score (nSPS) is 27.5. The van der Waals surface area contributed by atoms with E-state index >= 15 is 0 Å². The van der Waals surface area contributed by atoms with Gasteiger partial charge in [0.15, 0.2) is 0 Å². The average Bonchev–Trinajstić information content (AvgIpc) is 3.12. The zero-order chi connectivity index (χ0) is 19.8. The molecular formula is C19H25BrN2O5. The highest BCUT2D eigenvalue weighted by atomic mass is 79.9. The first-order chi connectivity index (χ1) is 12.6. The zero-order valence-corrected chi connectivity index (χ0v) is 17.4. The van der Waals surface area contributed by atoms with E-state index in [9.17, 15) is 9.59 Å². The third-order valence-corrected chi connectivity index (χ3v) is 5.72. The third-order valence-electron chi connectivity index (χ3n) is 5.25. The van der Waals surface area contributed by atoms with Crippen molar-refractivity contribution < 1.29 is 24.2 Å². The summed E-state index contributed by atoms with van der Waals surface area (Å²) in [4.78, 5) is 29.7. The number of hydrogen-bond acceptors (Lipinski definition) is 5. The van der Waals surface area contributed by atoms with Crippen LogP contribution in [0.4, 0.5) is 4.79 Å². The summed E-state index contributed by atoms with van der Waals surface area (Å²) in [5.41, 5.74) is -0.458. The Bertz CT molecular complexity index is 718. The molecular weight excluding hydrogens is 416 g/mol. The second-order valence-corrected chi connectivity index (χ2v) is 9.04. The third kappa shape index (κ3) is 4.27. The second kappa shape index (κ2) is 7.39. The van der Waals surface area contributed by atoms with Crippen molar-refractivity contribution in [2.24, 2.45) is 11.8 Å². The molecule has 8 heteroatoms. The number of aromatic nitrogens is 1. The van der Waals surface area contributed by atoms with E-state index in [1.54, 1.807) is 11.1 Å². The Hall–Kier alpha value is -1.67. The molecule has 1 amide bonds. The molecule has 1 aromatic heterocycles. The van der Waals surface area contributed by atoms with Gasteiger partial charge in [0, 0.05) is 30.8 Å². The average molecular weight is 441 g/mol. The SMILES string of the molecule is CC(C)(C)OC(=O)N1CC2CCC(OCC(=O)O)(c3ccc(Br)nc3)C2C1. The number of ether oxygens (including phenoxy) is 2. The zero-order valence-electron chi connectivity index (χ0n) is 15.8. The number of carbonyl (C=O) groups excluding carboxylic acids is 1. The lowest BCUT2D eigenvalue weighted by molar-refractivity contribution is -0.154. The number of carboxylic acid groups (broad SMARTS) is 1.